The van der Waals surface area contributed by atoms with Gasteiger partial charge in [-0.15, -0.1) is 0 Å². The molecule has 0 saturated carbocycles. The average Bonchev–Trinajstić information content (AvgIpc) is 2.80. The monoisotopic (exact) mass is 412 g/mol. The van der Waals surface area contributed by atoms with Gasteiger partial charge < -0.3 is 0 Å². The van der Waals surface area contributed by atoms with Gasteiger partial charge >= 0.3 is 0 Å². The van der Waals surface area contributed by atoms with E-state index in [0.717, 1.165) is 0 Å². The molecule has 0 N–H and O–H groups in total. The summed E-state index contributed by atoms with van der Waals surface area (Å²) in [6.07, 6.45) is 0. The molecule has 2 heteroatoms. The molecular formula is C27H24S2. The smallest absolute Gasteiger partial charge is 0.0343 e. The Hall–Kier alpha value is -2.42. The molecule has 0 nitrogen and oxygen atoms in total. The number of hydrogen-bond donors (Lipinski definition) is 0. The topological polar surface area (TPSA) is 0 Å². The van der Waals surface area contributed by atoms with Crippen molar-refractivity contribution < 1.29 is 0 Å². The summed E-state index contributed by atoms with van der Waals surface area (Å²) in [5, 5.41) is 0. The Bertz CT molecular complexity index is 1120. The molecule has 0 saturated heterocycles. The van der Waals surface area contributed by atoms with Crippen LogP contribution in [0.3, 0.4) is 0 Å². The van der Waals surface area contributed by atoms with Crippen LogP contribution in [0, 0.1) is 6.92 Å². The van der Waals surface area contributed by atoms with Gasteiger partial charge in [-0.05, 0) is 40.8 Å². The van der Waals surface area contributed by atoms with E-state index in [1.807, 2.05) is 37.4 Å². The van der Waals surface area contributed by atoms with E-state index in [-0.39, 0.29) is 0 Å². The van der Waals surface area contributed by atoms with Crippen LogP contribution in [0.15, 0.2) is 111 Å². The molecule has 29 heavy (non-hydrogen) atoms. The van der Waals surface area contributed by atoms with Gasteiger partial charge in [0.15, 0.2) is 0 Å². The Kier molecular flexibility index (Phi) is 6.13. The van der Waals surface area contributed by atoms with Crippen LogP contribution in [0.1, 0.15) is 19.4 Å². The Balaban J connectivity index is 0.000000994. The highest BCUT2D eigenvalue weighted by molar-refractivity contribution is 8.05. The van der Waals surface area contributed by atoms with Crippen molar-refractivity contribution in [2.75, 3.05) is 0 Å². The first kappa shape index (κ1) is 19.9. The van der Waals surface area contributed by atoms with Crippen LogP contribution in [0.2, 0.25) is 0 Å². The quantitative estimate of drug-likeness (QED) is 0.284. The lowest BCUT2D eigenvalue weighted by molar-refractivity contribution is 1.12. The predicted molar refractivity (Wildman–Crippen MR) is 128 cm³/mol. The molecule has 0 fully saturated rings. The molecule has 0 aliphatic carbocycles. The zero-order valence-corrected chi connectivity index (χ0v) is 18.6. The highest BCUT2D eigenvalue weighted by atomic mass is 32.2. The SMILES string of the molecule is CC.Cc1ccc(-c2ccccc2)c2c1Sc1cccc(-c3ccccc3)c1S2. The lowest BCUT2D eigenvalue weighted by Gasteiger charge is -2.25. The second kappa shape index (κ2) is 8.94. The lowest BCUT2D eigenvalue weighted by atomic mass is 10.0. The third-order valence-electron chi connectivity index (χ3n) is 4.87. The standard InChI is InChI=1S/C25H18S2.C2H6/c1-17-15-16-21(19-11-6-3-7-12-19)25-23(17)26-22-14-8-13-20(24(22)27-25)18-9-4-2-5-10-18;1-2/h2-16H,1H3;1-2H3. The first-order valence-corrected chi connectivity index (χ1v) is 11.7. The molecule has 4 aromatic rings. The summed E-state index contributed by atoms with van der Waals surface area (Å²) in [7, 11) is 0. The third-order valence-corrected chi connectivity index (χ3v) is 7.69. The minimum absolute atomic E-state index is 1.28. The number of hydrogen-bond acceptors (Lipinski definition) is 2. The first-order valence-electron chi connectivity index (χ1n) is 10.0. The normalized spacial score (nSPS) is 11.7. The van der Waals surface area contributed by atoms with Crippen LogP contribution < -0.4 is 0 Å². The summed E-state index contributed by atoms with van der Waals surface area (Å²) in [4.78, 5) is 5.48. The molecule has 0 atom stereocenters. The van der Waals surface area contributed by atoms with Gasteiger partial charge in [0, 0.05) is 19.6 Å². The molecule has 1 aliphatic rings. The van der Waals surface area contributed by atoms with Crippen LogP contribution in [0.4, 0.5) is 0 Å². The molecule has 1 heterocycles. The molecule has 0 radical (unpaired) electrons. The van der Waals surface area contributed by atoms with Gasteiger partial charge in [0.2, 0.25) is 0 Å². The Morgan fingerprint density at radius 3 is 1.69 bits per heavy atom. The first-order chi connectivity index (χ1) is 14.3. The molecule has 5 rings (SSSR count). The number of rotatable bonds is 2. The van der Waals surface area contributed by atoms with Crippen molar-refractivity contribution in [3.8, 4) is 22.3 Å². The molecule has 0 amide bonds. The van der Waals surface area contributed by atoms with E-state index >= 15 is 0 Å². The van der Waals surface area contributed by atoms with Crippen molar-refractivity contribution >= 4 is 23.5 Å². The zero-order chi connectivity index (χ0) is 20.2. The van der Waals surface area contributed by atoms with Crippen LogP contribution in [-0.2, 0) is 0 Å². The summed E-state index contributed by atoms with van der Waals surface area (Å²) >= 11 is 3.82. The van der Waals surface area contributed by atoms with E-state index in [9.17, 15) is 0 Å². The lowest BCUT2D eigenvalue weighted by Crippen LogP contribution is -1.97. The van der Waals surface area contributed by atoms with Crippen LogP contribution in [-0.4, -0.2) is 0 Å². The van der Waals surface area contributed by atoms with E-state index in [1.165, 1.54) is 47.4 Å². The molecule has 0 spiro atoms. The maximum Gasteiger partial charge on any atom is 0.0343 e. The van der Waals surface area contributed by atoms with Crippen molar-refractivity contribution in [3.63, 3.8) is 0 Å². The van der Waals surface area contributed by atoms with Crippen LogP contribution in [0.5, 0.6) is 0 Å². The fourth-order valence-electron chi connectivity index (χ4n) is 3.49. The zero-order valence-electron chi connectivity index (χ0n) is 17.0. The van der Waals surface area contributed by atoms with E-state index in [4.69, 9.17) is 0 Å². The van der Waals surface area contributed by atoms with Crippen molar-refractivity contribution in [1.29, 1.82) is 0 Å². The molecule has 4 aromatic carbocycles. The number of aryl methyl sites for hydroxylation is 1. The molecule has 0 aromatic heterocycles. The molecule has 1 aliphatic heterocycles. The van der Waals surface area contributed by atoms with Gasteiger partial charge in [-0.3, -0.25) is 0 Å². The largest absolute Gasteiger partial charge is 0.0874 e. The summed E-state index contributed by atoms with van der Waals surface area (Å²) in [6, 6.07) is 32.6. The highest BCUT2D eigenvalue weighted by Gasteiger charge is 2.24. The fraction of sp³-hybridized carbons (Fsp3) is 0.111. The molecule has 0 unspecified atom stereocenters. The third kappa shape index (κ3) is 3.88. The Labute approximate surface area is 182 Å². The molecular weight excluding hydrogens is 388 g/mol. The van der Waals surface area contributed by atoms with Gasteiger partial charge in [0.05, 0.1) is 0 Å². The minimum Gasteiger partial charge on any atom is -0.0874 e. The predicted octanol–water partition coefficient (Wildman–Crippen LogP) is 8.97. The van der Waals surface area contributed by atoms with E-state index in [1.54, 1.807) is 0 Å². The Morgan fingerprint density at radius 2 is 1.07 bits per heavy atom. The van der Waals surface area contributed by atoms with Crippen LogP contribution >= 0.6 is 23.5 Å². The average molecular weight is 413 g/mol. The van der Waals surface area contributed by atoms with Crippen molar-refractivity contribution in [2.45, 2.75) is 40.4 Å². The number of fused-ring (bicyclic) bond motifs is 2. The second-order valence-electron chi connectivity index (χ2n) is 6.66. The minimum atomic E-state index is 1.28. The van der Waals surface area contributed by atoms with E-state index in [2.05, 4.69) is 97.9 Å². The van der Waals surface area contributed by atoms with Crippen molar-refractivity contribution in [3.05, 3.63) is 96.6 Å². The van der Waals surface area contributed by atoms with E-state index in [0.29, 0.717) is 0 Å². The summed E-state index contributed by atoms with van der Waals surface area (Å²) in [6.45, 7) is 6.22. The molecule has 144 valence electrons. The maximum absolute atomic E-state index is 2.27. The van der Waals surface area contributed by atoms with Crippen molar-refractivity contribution in [2.24, 2.45) is 0 Å². The van der Waals surface area contributed by atoms with Crippen LogP contribution in [0.25, 0.3) is 22.3 Å². The summed E-state index contributed by atoms with van der Waals surface area (Å²) in [5.41, 5.74) is 6.54. The summed E-state index contributed by atoms with van der Waals surface area (Å²) < 4.78 is 0. The van der Waals surface area contributed by atoms with Gasteiger partial charge in [-0.1, -0.05) is 122 Å². The van der Waals surface area contributed by atoms with Gasteiger partial charge in [-0.2, -0.15) is 0 Å². The number of benzene rings is 4. The fourth-order valence-corrected chi connectivity index (χ4v) is 6.21. The van der Waals surface area contributed by atoms with Gasteiger partial charge in [0.1, 0.15) is 0 Å². The Morgan fingerprint density at radius 1 is 0.483 bits per heavy atom. The summed E-state index contributed by atoms with van der Waals surface area (Å²) in [5.74, 6) is 0. The van der Waals surface area contributed by atoms with Gasteiger partial charge in [-0.25, -0.2) is 0 Å². The van der Waals surface area contributed by atoms with Gasteiger partial charge in [0.25, 0.3) is 0 Å². The highest BCUT2D eigenvalue weighted by Crippen LogP contribution is 2.55. The second-order valence-corrected chi connectivity index (χ2v) is 8.73. The molecule has 0 bridgehead atoms. The van der Waals surface area contributed by atoms with E-state index < -0.39 is 0 Å². The maximum atomic E-state index is 2.27. The van der Waals surface area contributed by atoms with Crippen molar-refractivity contribution in [1.82, 2.24) is 0 Å².